The molecule has 2 nitrogen and oxygen atoms in total. The van der Waals surface area contributed by atoms with Gasteiger partial charge in [0.25, 0.3) is 0 Å². The highest BCUT2D eigenvalue weighted by atomic mass is 16.5. The van der Waals surface area contributed by atoms with E-state index in [9.17, 15) is 0 Å². The first kappa shape index (κ1) is 12.6. The van der Waals surface area contributed by atoms with Crippen molar-refractivity contribution in [1.82, 2.24) is 5.32 Å². The molecule has 94 valence electrons. The molecule has 1 aliphatic rings. The Bertz CT molecular complexity index is 306. The van der Waals surface area contributed by atoms with Crippen molar-refractivity contribution in [2.24, 2.45) is 0 Å². The molecule has 0 radical (unpaired) electrons. The van der Waals surface area contributed by atoms with Crippen LogP contribution in [0.5, 0.6) is 0 Å². The second-order valence-corrected chi connectivity index (χ2v) is 4.97. The molecule has 0 bridgehead atoms. The van der Waals surface area contributed by atoms with Crippen LogP contribution in [0.2, 0.25) is 0 Å². The summed E-state index contributed by atoms with van der Waals surface area (Å²) in [5.41, 5.74) is 1.41. The third-order valence-electron chi connectivity index (χ3n) is 3.37. The van der Waals surface area contributed by atoms with Crippen molar-refractivity contribution < 1.29 is 4.74 Å². The summed E-state index contributed by atoms with van der Waals surface area (Å²) in [4.78, 5) is 0. The summed E-state index contributed by atoms with van der Waals surface area (Å²) in [6, 6.07) is 11.2. The van der Waals surface area contributed by atoms with Gasteiger partial charge in [0.05, 0.1) is 6.10 Å². The smallest absolute Gasteiger partial charge is 0.0588 e. The van der Waals surface area contributed by atoms with E-state index < -0.39 is 0 Å². The first-order valence-electron chi connectivity index (χ1n) is 6.73. The molecule has 0 amide bonds. The van der Waals surface area contributed by atoms with Crippen molar-refractivity contribution in [3.63, 3.8) is 0 Å². The van der Waals surface area contributed by atoms with Crippen LogP contribution in [0, 0.1) is 0 Å². The van der Waals surface area contributed by atoms with E-state index in [2.05, 4.69) is 42.6 Å². The summed E-state index contributed by atoms with van der Waals surface area (Å²) in [6.45, 7) is 4.28. The Morgan fingerprint density at radius 1 is 1.35 bits per heavy atom. The van der Waals surface area contributed by atoms with Gasteiger partial charge >= 0.3 is 0 Å². The van der Waals surface area contributed by atoms with E-state index in [1.165, 1.54) is 18.4 Å². The van der Waals surface area contributed by atoms with Crippen molar-refractivity contribution in [2.45, 2.75) is 44.8 Å². The van der Waals surface area contributed by atoms with E-state index in [1.807, 2.05) is 0 Å². The second kappa shape index (κ2) is 6.77. The van der Waals surface area contributed by atoms with Gasteiger partial charge in [-0.2, -0.15) is 0 Å². The molecule has 1 saturated heterocycles. The highest BCUT2D eigenvalue weighted by Gasteiger charge is 2.14. The van der Waals surface area contributed by atoms with Crippen molar-refractivity contribution in [3.8, 4) is 0 Å². The number of rotatable bonds is 6. The predicted molar refractivity (Wildman–Crippen MR) is 71.2 cm³/mol. The Labute approximate surface area is 104 Å². The lowest BCUT2D eigenvalue weighted by Crippen LogP contribution is -2.30. The van der Waals surface area contributed by atoms with Gasteiger partial charge in [0.2, 0.25) is 0 Å². The van der Waals surface area contributed by atoms with E-state index in [4.69, 9.17) is 4.74 Å². The predicted octanol–water partition coefficient (Wildman–Crippen LogP) is 2.78. The summed E-state index contributed by atoms with van der Waals surface area (Å²) in [7, 11) is 0. The standard InChI is InChI=1S/C15H23NO/c1-13(12-14-6-3-2-4-7-14)16-10-9-15-8-5-11-17-15/h2-4,6-7,13,15-16H,5,8-12H2,1H3. The molecule has 1 N–H and O–H groups in total. The topological polar surface area (TPSA) is 21.3 Å². The number of ether oxygens (including phenoxy) is 1. The van der Waals surface area contributed by atoms with Crippen LogP contribution in [0.3, 0.4) is 0 Å². The quantitative estimate of drug-likeness (QED) is 0.816. The number of nitrogens with one attached hydrogen (secondary N) is 1. The van der Waals surface area contributed by atoms with E-state index in [-0.39, 0.29) is 0 Å². The molecule has 2 atom stereocenters. The number of hydrogen-bond acceptors (Lipinski definition) is 2. The third-order valence-corrected chi connectivity index (χ3v) is 3.37. The van der Waals surface area contributed by atoms with Crippen molar-refractivity contribution in [2.75, 3.05) is 13.2 Å². The molecule has 2 heteroatoms. The van der Waals surface area contributed by atoms with Crippen molar-refractivity contribution in [3.05, 3.63) is 35.9 Å². The SMILES string of the molecule is CC(Cc1ccccc1)NCCC1CCCO1. The van der Waals surface area contributed by atoms with Gasteiger partial charge in [-0.3, -0.25) is 0 Å². The van der Waals surface area contributed by atoms with Crippen LogP contribution in [-0.2, 0) is 11.2 Å². The molecule has 1 aliphatic heterocycles. The molecule has 0 aliphatic carbocycles. The van der Waals surface area contributed by atoms with Gasteiger partial charge in [-0.1, -0.05) is 30.3 Å². The van der Waals surface area contributed by atoms with Crippen LogP contribution >= 0.6 is 0 Å². The minimum Gasteiger partial charge on any atom is -0.378 e. The van der Waals surface area contributed by atoms with Crippen LogP contribution < -0.4 is 5.32 Å². The normalized spacial score (nSPS) is 21.6. The maximum Gasteiger partial charge on any atom is 0.0588 e. The monoisotopic (exact) mass is 233 g/mol. The van der Waals surface area contributed by atoms with E-state index in [0.29, 0.717) is 12.1 Å². The molecule has 1 aromatic carbocycles. The Morgan fingerprint density at radius 2 is 2.18 bits per heavy atom. The van der Waals surface area contributed by atoms with Gasteiger partial charge in [-0.15, -0.1) is 0 Å². The molecule has 0 saturated carbocycles. The largest absolute Gasteiger partial charge is 0.378 e. The van der Waals surface area contributed by atoms with Crippen LogP contribution in [0.1, 0.15) is 31.7 Å². The summed E-state index contributed by atoms with van der Waals surface area (Å²) in [5.74, 6) is 0. The molecule has 0 spiro atoms. The lowest BCUT2D eigenvalue weighted by molar-refractivity contribution is 0.103. The molecule has 1 fully saturated rings. The fourth-order valence-electron chi connectivity index (χ4n) is 2.40. The zero-order valence-corrected chi connectivity index (χ0v) is 10.7. The van der Waals surface area contributed by atoms with Gasteiger partial charge in [0, 0.05) is 12.6 Å². The van der Waals surface area contributed by atoms with Gasteiger partial charge in [-0.25, -0.2) is 0 Å². The summed E-state index contributed by atoms with van der Waals surface area (Å²) >= 11 is 0. The Morgan fingerprint density at radius 3 is 2.88 bits per heavy atom. The molecule has 0 aromatic heterocycles. The third kappa shape index (κ3) is 4.49. The maximum absolute atomic E-state index is 5.61. The molecular weight excluding hydrogens is 210 g/mol. The van der Waals surface area contributed by atoms with Gasteiger partial charge in [0.1, 0.15) is 0 Å². The maximum atomic E-state index is 5.61. The van der Waals surface area contributed by atoms with Gasteiger partial charge in [0.15, 0.2) is 0 Å². The number of benzene rings is 1. The molecular formula is C15H23NO. The average Bonchev–Trinajstić information content (AvgIpc) is 2.83. The highest BCUT2D eigenvalue weighted by molar-refractivity contribution is 5.15. The fourth-order valence-corrected chi connectivity index (χ4v) is 2.40. The molecule has 17 heavy (non-hydrogen) atoms. The lowest BCUT2D eigenvalue weighted by atomic mass is 10.1. The first-order chi connectivity index (χ1) is 8.34. The van der Waals surface area contributed by atoms with E-state index in [0.717, 1.165) is 26.0 Å². The zero-order chi connectivity index (χ0) is 11.9. The van der Waals surface area contributed by atoms with Crippen LogP contribution in [-0.4, -0.2) is 25.3 Å². The molecule has 2 rings (SSSR count). The Balaban J connectivity index is 1.62. The van der Waals surface area contributed by atoms with E-state index >= 15 is 0 Å². The molecule has 1 aromatic rings. The van der Waals surface area contributed by atoms with Gasteiger partial charge < -0.3 is 10.1 Å². The summed E-state index contributed by atoms with van der Waals surface area (Å²) < 4.78 is 5.61. The van der Waals surface area contributed by atoms with Crippen LogP contribution in [0.15, 0.2) is 30.3 Å². The van der Waals surface area contributed by atoms with Crippen molar-refractivity contribution >= 4 is 0 Å². The zero-order valence-electron chi connectivity index (χ0n) is 10.7. The highest BCUT2D eigenvalue weighted by Crippen LogP contribution is 2.14. The van der Waals surface area contributed by atoms with Gasteiger partial charge in [-0.05, 0) is 44.7 Å². The van der Waals surface area contributed by atoms with Crippen LogP contribution in [0.25, 0.3) is 0 Å². The lowest BCUT2D eigenvalue weighted by Gasteiger charge is -2.15. The second-order valence-electron chi connectivity index (χ2n) is 4.97. The van der Waals surface area contributed by atoms with Crippen LogP contribution in [0.4, 0.5) is 0 Å². The molecule has 1 heterocycles. The first-order valence-corrected chi connectivity index (χ1v) is 6.73. The summed E-state index contributed by atoms with van der Waals surface area (Å²) in [6.07, 6.45) is 5.25. The summed E-state index contributed by atoms with van der Waals surface area (Å²) in [5, 5.41) is 3.58. The minimum atomic E-state index is 0.506. The fraction of sp³-hybridized carbons (Fsp3) is 0.600. The van der Waals surface area contributed by atoms with E-state index in [1.54, 1.807) is 0 Å². The Hall–Kier alpha value is -0.860. The number of hydrogen-bond donors (Lipinski definition) is 1. The Kier molecular flexibility index (Phi) is 5.02. The molecule has 2 unspecified atom stereocenters. The average molecular weight is 233 g/mol. The van der Waals surface area contributed by atoms with Crippen molar-refractivity contribution in [1.29, 1.82) is 0 Å². The minimum absolute atomic E-state index is 0.506.